The fourth-order valence-corrected chi connectivity index (χ4v) is 6.58. The molecule has 0 aliphatic carbocycles. The van der Waals surface area contributed by atoms with Gasteiger partial charge in [-0.3, -0.25) is 14.4 Å². The number of aliphatic hydroxyl groups is 1. The first-order valence-electron chi connectivity index (χ1n) is 13.2. The molecule has 0 aromatic heterocycles. The molecule has 2 bridgehead atoms. The van der Waals surface area contributed by atoms with E-state index in [0.717, 1.165) is 0 Å². The predicted molar refractivity (Wildman–Crippen MR) is 137 cm³/mol. The summed E-state index contributed by atoms with van der Waals surface area (Å²) in [5.41, 5.74) is -2.55. The number of hydrogen-bond donors (Lipinski definition) is 1. The molecule has 0 radical (unpaired) electrons. The molecule has 0 saturated carbocycles. The highest BCUT2D eigenvalue weighted by atomic mass is 16.6. The van der Waals surface area contributed by atoms with Gasteiger partial charge < -0.3 is 24.4 Å². The van der Waals surface area contributed by atoms with Gasteiger partial charge in [0.05, 0.1) is 30.8 Å². The number of likely N-dealkylation sites (tertiary alicyclic amines) is 1. The predicted octanol–water partition coefficient (Wildman–Crippen LogP) is 3.09. The molecule has 8 heteroatoms. The molecule has 3 heterocycles. The van der Waals surface area contributed by atoms with Gasteiger partial charge in [-0.1, -0.05) is 32.9 Å². The van der Waals surface area contributed by atoms with Crippen molar-refractivity contribution in [2.45, 2.75) is 96.1 Å². The van der Waals surface area contributed by atoms with Crippen LogP contribution in [0.25, 0.3) is 0 Å². The summed E-state index contributed by atoms with van der Waals surface area (Å²) in [5.74, 6) is -2.77. The zero-order valence-corrected chi connectivity index (χ0v) is 22.8. The second-order valence-electron chi connectivity index (χ2n) is 11.7. The van der Waals surface area contributed by atoms with Gasteiger partial charge in [0.1, 0.15) is 17.6 Å². The number of aliphatic hydroxyl groups excluding tert-OH is 1. The van der Waals surface area contributed by atoms with Crippen LogP contribution >= 0.6 is 0 Å². The van der Waals surface area contributed by atoms with Crippen LogP contribution in [0.4, 0.5) is 0 Å². The number of nitrogens with zero attached hydrogens (tertiary/aromatic N) is 2. The lowest BCUT2D eigenvalue weighted by atomic mass is 9.65. The van der Waals surface area contributed by atoms with Gasteiger partial charge in [0.15, 0.2) is 0 Å². The Morgan fingerprint density at radius 3 is 2.44 bits per heavy atom. The summed E-state index contributed by atoms with van der Waals surface area (Å²) in [5, 5.41) is 10.3. The molecule has 2 amide bonds. The van der Waals surface area contributed by atoms with Crippen LogP contribution in [0.15, 0.2) is 25.3 Å². The van der Waals surface area contributed by atoms with Crippen molar-refractivity contribution >= 4 is 17.8 Å². The van der Waals surface area contributed by atoms with Crippen LogP contribution in [0.3, 0.4) is 0 Å². The zero-order chi connectivity index (χ0) is 27.1. The molecule has 0 aromatic rings. The van der Waals surface area contributed by atoms with E-state index in [2.05, 4.69) is 13.2 Å². The molecule has 3 saturated heterocycles. The molecule has 1 N–H and O–H groups in total. The maximum Gasteiger partial charge on any atom is 0.312 e. The Labute approximate surface area is 215 Å². The summed E-state index contributed by atoms with van der Waals surface area (Å²) in [6.07, 6.45) is 5.44. The van der Waals surface area contributed by atoms with Gasteiger partial charge in [-0.25, -0.2) is 0 Å². The number of hydrogen-bond acceptors (Lipinski definition) is 6. The molecule has 3 aliphatic heterocycles. The first-order chi connectivity index (χ1) is 16.9. The molecule has 6 atom stereocenters. The summed E-state index contributed by atoms with van der Waals surface area (Å²) in [7, 11) is 0. The number of carbonyl (C=O) groups is 3. The monoisotopic (exact) mass is 504 g/mol. The molecule has 202 valence electrons. The number of rotatable bonds is 11. The van der Waals surface area contributed by atoms with Crippen molar-refractivity contribution in [3.05, 3.63) is 25.3 Å². The lowest BCUT2D eigenvalue weighted by molar-refractivity contribution is -0.165. The van der Waals surface area contributed by atoms with E-state index >= 15 is 0 Å². The van der Waals surface area contributed by atoms with Gasteiger partial charge in [-0.05, 0) is 52.4 Å². The van der Waals surface area contributed by atoms with Gasteiger partial charge in [-0.15, -0.1) is 13.2 Å². The number of amides is 2. The standard InChI is InChI=1S/C28H44N2O6/c1-9-12-16-35-25(34)21-20-23(32)30(19(17-31)18(4)5)22(24(33)29(15-10-2)26(6,7)8)28(20)14-13-27(21,11-3)36-28/h9-10,18-22,31H,1-2,11-17H2,3-8H3/t19-,20-,21-,22?,27+,28?/m0/s1. The maximum absolute atomic E-state index is 14.4. The third-order valence-electron chi connectivity index (χ3n) is 8.37. The van der Waals surface area contributed by atoms with E-state index in [-0.39, 0.29) is 30.9 Å². The van der Waals surface area contributed by atoms with Gasteiger partial charge in [0.25, 0.3) is 0 Å². The van der Waals surface area contributed by atoms with E-state index in [4.69, 9.17) is 9.47 Å². The van der Waals surface area contributed by atoms with Crippen molar-refractivity contribution in [2.75, 3.05) is 19.8 Å². The average Bonchev–Trinajstić information content (AvgIpc) is 3.41. The van der Waals surface area contributed by atoms with Crippen LogP contribution in [-0.4, -0.2) is 81.3 Å². The minimum absolute atomic E-state index is 0.109. The van der Waals surface area contributed by atoms with Crippen LogP contribution in [0, 0.1) is 17.8 Å². The molecule has 1 spiro atoms. The number of carbonyl (C=O) groups excluding carboxylic acids is 3. The third kappa shape index (κ3) is 4.30. The Morgan fingerprint density at radius 1 is 1.28 bits per heavy atom. The fourth-order valence-electron chi connectivity index (χ4n) is 6.58. The minimum Gasteiger partial charge on any atom is -0.465 e. The molecular weight excluding hydrogens is 460 g/mol. The topological polar surface area (TPSA) is 96.4 Å². The second kappa shape index (κ2) is 10.3. The minimum atomic E-state index is -1.15. The number of ether oxygens (including phenoxy) is 2. The lowest BCUT2D eigenvalue weighted by Crippen LogP contribution is -2.62. The molecule has 36 heavy (non-hydrogen) atoms. The van der Waals surface area contributed by atoms with Crippen molar-refractivity contribution in [2.24, 2.45) is 17.8 Å². The van der Waals surface area contributed by atoms with E-state index in [1.807, 2.05) is 41.5 Å². The summed E-state index contributed by atoms with van der Waals surface area (Å²) >= 11 is 0. The van der Waals surface area contributed by atoms with Crippen LogP contribution < -0.4 is 0 Å². The fraction of sp³-hybridized carbons (Fsp3) is 0.750. The van der Waals surface area contributed by atoms with E-state index < -0.39 is 46.6 Å². The maximum atomic E-state index is 14.4. The highest BCUT2D eigenvalue weighted by Crippen LogP contribution is 2.65. The van der Waals surface area contributed by atoms with Crippen molar-refractivity contribution in [3.63, 3.8) is 0 Å². The van der Waals surface area contributed by atoms with Gasteiger partial charge in [0, 0.05) is 12.1 Å². The quantitative estimate of drug-likeness (QED) is 0.264. The SMILES string of the molecule is C=CCCOC(=O)[C@@H]1[C@H]2C(=O)N([C@@H](CO)C(C)C)C(C(=O)N(CC=C)C(C)(C)C)C23CC[C@@]1(CC)O3. The first kappa shape index (κ1) is 28.4. The van der Waals surface area contributed by atoms with Crippen LogP contribution in [0.2, 0.25) is 0 Å². The summed E-state index contributed by atoms with van der Waals surface area (Å²) in [6.45, 7) is 19.3. The van der Waals surface area contributed by atoms with E-state index in [0.29, 0.717) is 32.2 Å². The third-order valence-corrected chi connectivity index (χ3v) is 8.37. The van der Waals surface area contributed by atoms with Crippen LogP contribution in [0.5, 0.6) is 0 Å². The molecule has 3 fully saturated rings. The van der Waals surface area contributed by atoms with Crippen molar-refractivity contribution < 1.29 is 29.0 Å². The Balaban J connectivity index is 2.17. The largest absolute Gasteiger partial charge is 0.465 e. The molecule has 8 nitrogen and oxygen atoms in total. The molecule has 2 unspecified atom stereocenters. The Hall–Kier alpha value is -2.19. The van der Waals surface area contributed by atoms with E-state index in [1.165, 1.54) is 4.90 Å². The smallest absolute Gasteiger partial charge is 0.312 e. The second-order valence-corrected chi connectivity index (χ2v) is 11.7. The highest BCUT2D eigenvalue weighted by Gasteiger charge is 2.79. The number of fused-ring (bicyclic) bond motifs is 1. The number of esters is 1. The normalized spacial score (nSPS) is 31.9. The van der Waals surface area contributed by atoms with Crippen molar-refractivity contribution in [1.29, 1.82) is 0 Å². The van der Waals surface area contributed by atoms with Crippen molar-refractivity contribution in [1.82, 2.24) is 9.80 Å². The van der Waals surface area contributed by atoms with Gasteiger partial charge in [-0.2, -0.15) is 0 Å². The lowest BCUT2D eigenvalue weighted by Gasteiger charge is -2.44. The highest BCUT2D eigenvalue weighted by molar-refractivity contribution is 5.99. The van der Waals surface area contributed by atoms with Crippen LogP contribution in [-0.2, 0) is 23.9 Å². The van der Waals surface area contributed by atoms with Gasteiger partial charge in [0.2, 0.25) is 11.8 Å². The van der Waals surface area contributed by atoms with E-state index in [1.54, 1.807) is 17.1 Å². The van der Waals surface area contributed by atoms with Crippen LogP contribution in [0.1, 0.15) is 67.2 Å². The Bertz CT molecular complexity index is 895. The van der Waals surface area contributed by atoms with Crippen molar-refractivity contribution in [3.8, 4) is 0 Å². The first-order valence-corrected chi connectivity index (χ1v) is 13.2. The molecule has 0 aromatic carbocycles. The Morgan fingerprint density at radius 2 is 1.94 bits per heavy atom. The molecular formula is C28H44N2O6. The summed E-state index contributed by atoms with van der Waals surface area (Å²) < 4.78 is 12.4. The molecule has 3 rings (SSSR count). The summed E-state index contributed by atoms with van der Waals surface area (Å²) in [4.78, 5) is 45.3. The summed E-state index contributed by atoms with van der Waals surface area (Å²) in [6, 6.07) is -1.54. The van der Waals surface area contributed by atoms with Gasteiger partial charge >= 0.3 is 5.97 Å². The average molecular weight is 505 g/mol. The molecule has 3 aliphatic rings. The Kier molecular flexibility index (Phi) is 8.11. The van der Waals surface area contributed by atoms with E-state index in [9.17, 15) is 19.5 Å². The zero-order valence-electron chi connectivity index (χ0n) is 22.8.